The van der Waals surface area contributed by atoms with Gasteiger partial charge in [-0.2, -0.15) is 9.97 Å². The van der Waals surface area contributed by atoms with Gasteiger partial charge in [-0.15, -0.1) is 0 Å². The van der Waals surface area contributed by atoms with Gasteiger partial charge in [0.2, 0.25) is 0 Å². The molecule has 0 spiro atoms. The van der Waals surface area contributed by atoms with Crippen LogP contribution in [0.2, 0.25) is 0 Å². The SMILES string of the molecule is COCOc1cc(-c2c(F)cc3c(N4C[C@@H]5CC[C@](C)(C4)N5C(=O)OC(C)(C)C)nc(OCC4(CN(C)C)CC4)nc3c2F)c2ccccc2c1. The van der Waals surface area contributed by atoms with Crippen molar-refractivity contribution in [3.8, 4) is 22.9 Å². The molecule has 2 saturated heterocycles. The Kier molecular flexibility index (Phi) is 8.98. The van der Waals surface area contributed by atoms with Gasteiger partial charge in [0.1, 0.15) is 28.5 Å². The molecule has 10 nitrogen and oxygen atoms in total. The van der Waals surface area contributed by atoms with Gasteiger partial charge in [-0.25, -0.2) is 13.6 Å². The minimum absolute atomic E-state index is 0.0197. The molecule has 3 aliphatic rings. The van der Waals surface area contributed by atoms with E-state index in [4.69, 9.17) is 23.9 Å². The Labute approximate surface area is 297 Å². The fourth-order valence-corrected chi connectivity index (χ4v) is 7.89. The van der Waals surface area contributed by atoms with Gasteiger partial charge in [0.15, 0.2) is 12.6 Å². The highest BCUT2D eigenvalue weighted by Crippen LogP contribution is 2.47. The van der Waals surface area contributed by atoms with Crippen molar-refractivity contribution in [3.05, 3.63) is 54.1 Å². The number of nitrogens with zero attached hydrogens (tertiary/aromatic N) is 5. The van der Waals surface area contributed by atoms with E-state index in [1.165, 1.54) is 13.2 Å². The lowest BCUT2D eigenvalue weighted by Crippen LogP contribution is -2.63. The van der Waals surface area contributed by atoms with Gasteiger partial charge in [-0.05, 0) is 102 Å². The van der Waals surface area contributed by atoms with Crippen molar-refractivity contribution in [3.63, 3.8) is 0 Å². The molecular formula is C39H47F2N5O5. The molecule has 3 fully saturated rings. The number of halogens is 2. The van der Waals surface area contributed by atoms with Crippen LogP contribution in [0.1, 0.15) is 53.4 Å². The lowest BCUT2D eigenvalue weighted by Gasteiger charge is -2.47. The lowest BCUT2D eigenvalue weighted by atomic mass is 9.95. The number of carbonyl (C=O) groups excluding carboxylic acids is 1. The Morgan fingerprint density at radius 1 is 1.04 bits per heavy atom. The quantitative estimate of drug-likeness (QED) is 0.157. The van der Waals surface area contributed by atoms with Gasteiger partial charge in [0.25, 0.3) is 0 Å². The van der Waals surface area contributed by atoms with Crippen molar-refractivity contribution in [2.75, 3.05) is 59.1 Å². The number of hydrogen-bond acceptors (Lipinski definition) is 9. The summed E-state index contributed by atoms with van der Waals surface area (Å²) >= 11 is 0. The molecule has 3 heterocycles. The number of hydrogen-bond donors (Lipinski definition) is 0. The molecule has 1 saturated carbocycles. The zero-order valence-electron chi connectivity index (χ0n) is 30.5. The van der Waals surface area contributed by atoms with E-state index in [0.717, 1.165) is 37.6 Å². The number of methoxy groups -OCH3 is 1. The number of benzene rings is 3. The average molecular weight is 704 g/mol. The fourth-order valence-electron chi connectivity index (χ4n) is 7.89. The maximum Gasteiger partial charge on any atom is 0.411 e. The maximum atomic E-state index is 17.1. The second-order valence-electron chi connectivity index (χ2n) is 16.0. The van der Waals surface area contributed by atoms with Gasteiger partial charge in [0.05, 0.1) is 23.8 Å². The second kappa shape index (κ2) is 13.0. The molecule has 7 rings (SSSR count). The molecule has 272 valence electrons. The van der Waals surface area contributed by atoms with Crippen molar-refractivity contribution in [1.82, 2.24) is 19.8 Å². The van der Waals surface area contributed by atoms with Crippen molar-refractivity contribution < 1.29 is 32.5 Å². The molecule has 0 unspecified atom stereocenters. The van der Waals surface area contributed by atoms with Crippen LogP contribution in [0.4, 0.5) is 19.4 Å². The lowest BCUT2D eigenvalue weighted by molar-refractivity contribution is -0.00281. The molecule has 1 aromatic heterocycles. The zero-order valence-corrected chi connectivity index (χ0v) is 30.5. The van der Waals surface area contributed by atoms with Crippen LogP contribution in [0.15, 0.2) is 42.5 Å². The molecule has 4 aromatic rings. The fraction of sp³-hybridized carbons (Fsp3) is 0.513. The Morgan fingerprint density at radius 3 is 2.49 bits per heavy atom. The molecule has 2 atom stereocenters. The highest BCUT2D eigenvalue weighted by molar-refractivity contribution is 6.01. The van der Waals surface area contributed by atoms with Gasteiger partial charge < -0.3 is 28.7 Å². The van der Waals surface area contributed by atoms with E-state index >= 15 is 8.78 Å². The molecule has 12 heteroatoms. The summed E-state index contributed by atoms with van der Waals surface area (Å²) in [4.78, 5) is 28.9. The van der Waals surface area contributed by atoms with Crippen molar-refractivity contribution >= 4 is 33.6 Å². The minimum atomic E-state index is -0.816. The Hall–Kier alpha value is -4.29. The molecule has 3 aromatic carbocycles. The van der Waals surface area contributed by atoms with Crippen LogP contribution in [-0.4, -0.2) is 97.3 Å². The standard InChI is InChI=1S/C39H47F2N5O5/c1-37(2,3)51-36(47)46-25-12-13-38(46,4)20-45(19-25)34-29-18-30(40)31(28-17-26(50-23-48-7)16-24-10-8-9-11-27(24)28)32(41)33(29)42-35(43-34)49-22-39(14-15-39)21-44(5)6/h8-11,16-18,25H,12-15,19-23H2,1-7H3/t25-,38+/m0/s1. The highest BCUT2D eigenvalue weighted by atomic mass is 19.1. The number of anilines is 1. The van der Waals surface area contributed by atoms with Crippen LogP contribution in [0.25, 0.3) is 32.8 Å². The van der Waals surface area contributed by atoms with Gasteiger partial charge >= 0.3 is 12.1 Å². The monoisotopic (exact) mass is 703 g/mol. The van der Waals surface area contributed by atoms with Crippen LogP contribution in [-0.2, 0) is 9.47 Å². The summed E-state index contributed by atoms with van der Waals surface area (Å²) in [7, 11) is 5.57. The Morgan fingerprint density at radius 2 is 1.80 bits per heavy atom. The van der Waals surface area contributed by atoms with E-state index in [0.29, 0.717) is 42.2 Å². The van der Waals surface area contributed by atoms with E-state index in [9.17, 15) is 4.79 Å². The first kappa shape index (κ1) is 35.1. The summed E-state index contributed by atoms with van der Waals surface area (Å²) in [6.45, 7) is 9.61. The molecule has 1 aliphatic carbocycles. The summed E-state index contributed by atoms with van der Waals surface area (Å²) in [5, 5.41) is 1.65. The summed E-state index contributed by atoms with van der Waals surface area (Å²) < 4.78 is 56.6. The molecule has 51 heavy (non-hydrogen) atoms. The van der Waals surface area contributed by atoms with Gasteiger partial charge in [-0.1, -0.05) is 24.3 Å². The summed E-state index contributed by atoms with van der Waals surface area (Å²) in [5.41, 5.74) is -1.17. The molecule has 0 radical (unpaired) electrons. The Balaban J connectivity index is 1.34. The van der Waals surface area contributed by atoms with Crippen LogP contribution < -0.4 is 14.4 Å². The third-order valence-electron chi connectivity index (χ3n) is 10.2. The van der Waals surface area contributed by atoms with Crippen LogP contribution >= 0.6 is 0 Å². The van der Waals surface area contributed by atoms with Crippen molar-refractivity contribution in [2.45, 2.75) is 70.6 Å². The number of rotatable bonds is 10. The highest BCUT2D eigenvalue weighted by Gasteiger charge is 2.52. The minimum Gasteiger partial charge on any atom is -0.468 e. The number of ether oxygens (including phenoxy) is 4. The van der Waals surface area contributed by atoms with Gasteiger partial charge in [-0.3, -0.25) is 4.90 Å². The zero-order chi connectivity index (χ0) is 36.3. The topological polar surface area (TPSA) is 89.5 Å². The normalized spacial score (nSPS) is 21.1. The summed E-state index contributed by atoms with van der Waals surface area (Å²) in [5.74, 6) is -0.777. The van der Waals surface area contributed by atoms with E-state index in [2.05, 4.69) is 9.88 Å². The number of aromatic nitrogens is 2. The number of amides is 1. The number of fused-ring (bicyclic) bond motifs is 4. The van der Waals surface area contributed by atoms with E-state index < -0.39 is 22.8 Å². The molecule has 2 bridgehead atoms. The Bertz CT molecular complexity index is 1980. The largest absolute Gasteiger partial charge is 0.468 e. The first-order chi connectivity index (χ1) is 24.2. The second-order valence-corrected chi connectivity index (χ2v) is 16.0. The first-order valence-corrected chi connectivity index (χ1v) is 17.6. The smallest absolute Gasteiger partial charge is 0.411 e. The third-order valence-corrected chi connectivity index (χ3v) is 10.2. The van der Waals surface area contributed by atoms with E-state index in [-0.39, 0.29) is 46.8 Å². The molecular weight excluding hydrogens is 656 g/mol. The third kappa shape index (κ3) is 6.87. The average Bonchev–Trinajstić information content (AvgIpc) is 3.78. The number of piperazine rings is 1. The predicted molar refractivity (Wildman–Crippen MR) is 192 cm³/mol. The number of carbonyl (C=O) groups is 1. The van der Waals surface area contributed by atoms with E-state index in [1.54, 1.807) is 6.07 Å². The maximum absolute atomic E-state index is 17.1. The van der Waals surface area contributed by atoms with Crippen molar-refractivity contribution in [1.29, 1.82) is 0 Å². The summed E-state index contributed by atoms with van der Waals surface area (Å²) in [6.07, 6.45) is 3.19. The molecule has 2 aliphatic heterocycles. The predicted octanol–water partition coefficient (Wildman–Crippen LogP) is 7.41. The van der Waals surface area contributed by atoms with Crippen LogP contribution in [0, 0.1) is 17.0 Å². The van der Waals surface area contributed by atoms with Crippen LogP contribution in [0.5, 0.6) is 11.8 Å². The van der Waals surface area contributed by atoms with E-state index in [1.807, 2.05) is 81.9 Å². The molecule has 0 N–H and O–H groups in total. The summed E-state index contributed by atoms with van der Waals surface area (Å²) in [6, 6.07) is 12.0. The first-order valence-electron chi connectivity index (χ1n) is 17.6. The van der Waals surface area contributed by atoms with Crippen molar-refractivity contribution in [2.24, 2.45) is 5.41 Å². The van der Waals surface area contributed by atoms with Gasteiger partial charge in [0, 0.05) is 37.5 Å². The van der Waals surface area contributed by atoms with Crippen LogP contribution in [0.3, 0.4) is 0 Å². The molecule has 1 amide bonds.